The van der Waals surface area contributed by atoms with E-state index >= 15 is 0 Å². The predicted octanol–water partition coefficient (Wildman–Crippen LogP) is 4.19. The second-order valence-corrected chi connectivity index (χ2v) is 5.98. The Hall–Kier alpha value is -0.0900. The summed E-state index contributed by atoms with van der Waals surface area (Å²) < 4.78 is 0.933. The molecular formula is C13H18BrClN2. The third kappa shape index (κ3) is 3.22. The highest BCUT2D eigenvalue weighted by molar-refractivity contribution is 9.10. The Morgan fingerprint density at radius 2 is 2.00 bits per heavy atom. The molecule has 1 aliphatic rings. The molecule has 1 aromatic rings. The fourth-order valence-corrected chi connectivity index (χ4v) is 3.11. The Morgan fingerprint density at radius 1 is 1.29 bits per heavy atom. The Labute approximate surface area is 116 Å². The third-order valence-electron chi connectivity index (χ3n) is 3.60. The van der Waals surface area contributed by atoms with Crippen molar-refractivity contribution in [3.8, 4) is 0 Å². The molecular weight excluding hydrogens is 300 g/mol. The van der Waals surface area contributed by atoms with E-state index in [9.17, 15) is 0 Å². The van der Waals surface area contributed by atoms with Crippen LogP contribution in [0.4, 0.5) is 0 Å². The minimum atomic E-state index is 0.223. The lowest BCUT2D eigenvalue weighted by atomic mass is 9.81. The van der Waals surface area contributed by atoms with E-state index in [1.54, 1.807) is 0 Å². The van der Waals surface area contributed by atoms with E-state index in [4.69, 9.17) is 17.4 Å². The van der Waals surface area contributed by atoms with Gasteiger partial charge in [0, 0.05) is 10.5 Å². The molecule has 0 saturated heterocycles. The van der Waals surface area contributed by atoms with E-state index < -0.39 is 0 Å². The van der Waals surface area contributed by atoms with E-state index in [-0.39, 0.29) is 6.04 Å². The smallest absolute Gasteiger partial charge is 0.0551 e. The second kappa shape index (κ2) is 6.19. The Balaban J connectivity index is 2.18. The van der Waals surface area contributed by atoms with Crippen molar-refractivity contribution in [2.24, 2.45) is 11.8 Å². The summed E-state index contributed by atoms with van der Waals surface area (Å²) in [5.41, 5.74) is 4.15. The maximum atomic E-state index is 6.14. The number of rotatable bonds is 3. The summed E-state index contributed by atoms with van der Waals surface area (Å²) >= 11 is 9.55. The van der Waals surface area contributed by atoms with Crippen molar-refractivity contribution >= 4 is 27.5 Å². The van der Waals surface area contributed by atoms with Crippen LogP contribution in [0.25, 0.3) is 0 Å². The molecule has 0 aliphatic heterocycles. The summed E-state index contributed by atoms with van der Waals surface area (Å²) in [4.78, 5) is 0. The molecule has 0 bridgehead atoms. The first-order chi connectivity index (χ1) is 8.22. The Bertz CT molecular complexity index is 378. The number of nitrogens with one attached hydrogen (secondary N) is 1. The summed E-state index contributed by atoms with van der Waals surface area (Å²) in [6.07, 6.45) is 6.49. The van der Waals surface area contributed by atoms with Gasteiger partial charge in [-0.05, 0) is 52.4 Å². The molecule has 4 heteroatoms. The predicted molar refractivity (Wildman–Crippen MR) is 75.8 cm³/mol. The van der Waals surface area contributed by atoms with Crippen LogP contribution in [0, 0.1) is 5.92 Å². The number of hydrogen-bond acceptors (Lipinski definition) is 2. The average Bonchev–Trinajstić information content (AvgIpc) is 2.36. The zero-order chi connectivity index (χ0) is 12.3. The van der Waals surface area contributed by atoms with Gasteiger partial charge in [0.05, 0.1) is 5.02 Å². The van der Waals surface area contributed by atoms with E-state index in [1.165, 1.54) is 37.7 Å². The van der Waals surface area contributed by atoms with Crippen LogP contribution in [0.1, 0.15) is 43.7 Å². The van der Waals surface area contributed by atoms with Crippen molar-refractivity contribution < 1.29 is 0 Å². The van der Waals surface area contributed by atoms with E-state index in [1.807, 2.05) is 12.1 Å². The lowest BCUT2D eigenvalue weighted by Crippen LogP contribution is -2.34. The zero-order valence-corrected chi connectivity index (χ0v) is 12.1. The van der Waals surface area contributed by atoms with Gasteiger partial charge in [-0.25, -0.2) is 0 Å². The van der Waals surface area contributed by atoms with E-state index in [0.29, 0.717) is 5.92 Å². The zero-order valence-electron chi connectivity index (χ0n) is 9.76. The molecule has 94 valence electrons. The standard InChI is InChI=1S/C13H18BrClN2/c14-11-7-6-10(8-12(11)15)13(17-16)9-4-2-1-3-5-9/h6-9,13,17H,1-5,16H2. The van der Waals surface area contributed by atoms with Crippen molar-refractivity contribution in [1.29, 1.82) is 0 Å². The van der Waals surface area contributed by atoms with Gasteiger partial charge >= 0.3 is 0 Å². The van der Waals surface area contributed by atoms with Crippen molar-refractivity contribution in [2.75, 3.05) is 0 Å². The van der Waals surface area contributed by atoms with Gasteiger partial charge in [0.2, 0.25) is 0 Å². The largest absolute Gasteiger partial charge is 0.271 e. The summed E-state index contributed by atoms with van der Waals surface area (Å²) in [5, 5.41) is 0.749. The number of hydrogen-bond donors (Lipinski definition) is 2. The van der Waals surface area contributed by atoms with Crippen molar-refractivity contribution in [1.82, 2.24) is 5.43 Å². The van der Waals surface area contributed by atoms with Gasteiger partial charge in [-0.2, -0.15) is 0 Å². The molecule has 2 rings (SSSR count). The molecule has 3 N–H and O–H groups in total. The molecule has 1 aliphatic carbocycles. The van der Waals surface area contributed by atoms with Crippen LogP contribution in [0.5, 0.6) is 0 Å². The van der Waals surface area contributed by atoms with Gasteiger partial charge in [-0.1, -0.05) is 36.9 Å². The minimum absolute atomic E-state index is 0.223. The van der Waals surface area contributed by atoms with Gasteiger partial charge in [-0.3, -0.25) is 11.3 Å². The van der Waals surface area contributed by atoms with Crippen molar-refractivity contribution in [3.05, 3.63) is 33.3 Å². The van der Waals surface area contributed by atoms with Gasteiger partial charge in [0.15, 0.2) is 0 Å². The maximum absolute atomic E-state index is 6.14. The Kier molecular flexibility index (Phi) is 4.86. The lowest BCUT2D eigenvalue weighted by Gasteiger charge is -2.30. The minimum Gasteiger partial charge on any atom is -0.271 e. The SMILES string of the molecule is NNC(c1ccc(Br)c(Cl)c1)C1CCCCC1. The summed E-state index contributed by atoms with van der Waals surface area (Å²) in [7, 11) is 0. The number of hydrazine groups is 1. The van der Waals surface area contributed by atoms with Crippen molar-refractivity contribution in [3.63, 3.8) is 0 Å². The first-order valence-electron chi connectivity index (χ1n) is 6.13. The molecule has 0 aromatic heterocycles. The van der Waals surface area contributed by atoms with Crippen LogP contribution in [-0.2, 0) is 0 Å². The average molecular weight is 318 g/mol. The highest BCUT2D eigenvalue weighted by Gasteiger charge is 2.24. The monoisotopic (exact) mass is 316 g/mol. The second-order valence-electron chi connectivity index (χ2n) is 4.72. The number of halogens is 2. The number of benzene rings is 1. The molecule has 1 atom stereocenters. The van der Waals surface area contributed by atoms with Crippen LogP contribution in [0.15, 0.2) is 22.7 Å². The molecule has 1 saturated carbocycles. The van der Waals surface area contributed by atoms with Crippen LogP contribution in [-0.4, -0.2) is 0 Å². The molecule has 0 heterocycles. The Morgan fingerprint density at radius 3 is 2.59 bits per heavy atom. The maximum Gasteiger partial charge on any atom is 0.0551 e. The summed E-state index contributed by atoms with van der Waals surface area (Å²) in [5.74, 6) is 6.35. The molecule has 1 aromatic carbocycles. The van der Waals surface area contributed by atoms with Gasteiger partial charge in [-0.15, -0.1) is 0 Å². The van der Waals surface area contributed by atoms with Crippen LogP contribution >= 0.6 is 27.5 Å². The lowest BCUT2D eigenvalue weighted by molar-refractivity contribution is 0.273. The topological polar surface area (TPSA) is 38.0 Å². The van der Waals surface area contributed by atoms with Crippen LogP contribution < -0.4 is 11.3 Å². The molecule has 0 spiro atoms. The molecule has 0 amide bonds. The molecule has 1 fully saturated rings. The molecule has 1 unspecified atom stereocenters. The highest BCUT2D eigenvalue weighted by Crippen LogP contribution is 2.35. The third-order valence-corrected chi connectivity index (χ3v) is 4.84. The fourth-order valence-electron chi connectivity index (χ4n) is 2.68. The quantitative estimate of drug-likeness (QED) is 0.648. The summed E-state index contributed by atoms with van der Waals surface area (Å²) in [6.45, 7) is 0. The van der Waals surface area contributed by atoms with Crippen LogP contribution in [0.2, 0.25) is 5.02 Å². The summed E-state index contributed by atoms with van der Waals surface area (Å²) in [6, 6.07) is 6.31. The number of nitrogens with two attached hydrogens (primary N) is 1. The normalized spacial score (nSPS) is 19.2. The molecule has 17 heavy (non-hydrogen) atoms. The van der Waals surface area contributed by atoms with E-state index in [2.05, 4.69) is 27.4 Å². The molecule has 0 radical (unpaired) electrons. The molecule has 2 nitrogen and oxygen atoms in total. The first kappa shape index (κ1) is 13.3. The highest BCUT2D eigenvalue weighted by atomic mass is 79.9. The van der Waals surface area contributed by atoms with Crippen molar-refractivity contribution in [2.45, 2.75) is 38.1 Å². The van der Waals surface area contributed by atoms with Gasteiger partial charge in [0.25, 0.3) is 0 Å². The van der Waals surface area contributed by atoms with Gasteiger partial charge < -0.3 is 0 Å². The first-order valence-corrected chi connectivity index (χ1v) is 7.30. The fraction of sp³-hybridized carbons (Fsp3) is 0.538. The van der Waals surface area contributed by atoms with Crippen LogP contribution in [0.3, 0.4) is 0 Å². The van der Waals surface area contributed by atoms with E-state index in [0.717, 1.165) is 9.50 Å². The van der Waals surface area contributed by atoms with Gasteiger partial charge in [0.1, 0.15) is 0 Å².